The third-order valence-corrected chi connectivity index (χ3v) is 4.24. The van der Waals surface area contributed by atoms with Crippen molar-refractivity contribution in [2.75, 3.05) is 26.3 Å². The fourth-order valence-corrected chi connectivity index (χ4v) is 3.34. The van der Waals surface area contributed by atoms with Crippen molar-refractivity contribution in [3.63, 3.8) is 0 Å². The summed E-state index contributed by atoms with van der Waals surface area (Å²) in [6, 6.07) is 0. The maximum atomic E-state index is 5.50. The fraction of sp³-hybridized carbons (Fsp3) is 1.00. The van der Waals surface area contributed by atoms with Crippen LogP contribution >= 0.6 is 0 Å². The Labute approximate surface area is 87.4 Å². The smallest absolute Gasteiger partial charge is 0.0471 e. The maximum absolute atomic E-state index is 5.50. The molecule has 2 heteroatoms. The molecule has 14 heavy (non-hydrogen) atoms. The van der Waals surface area contributed by atoms with E-state index in [1.165, 1.54) is 32.4 Å². The lowest BCUT2D eigenvalue weighted by Crippen LogP contribution is -2.49. The summed E-state index contributed by atoms with van der Waals surface area (Å²) in [5.74, 6) is 1.67. The van der Waals surface area contributed by atoms with E-state index in [4.69, 9.17) is 4.74 Å². The van der Waals surface area contributed by atoms with Crippen LogP contribution in [0.4, 0.5) is 0 Å². The molecule has 2 rings (SSSR count). The number of hydrogen-bond acceptors (Lipinski definition) is 2. The summed E-state index contributed by atoms with van der Waals surface area (Å²) in [6.07, 6.45) is 3.94. The third kappa shape index (κ3) is 1.82. The van der Waals surface area contributed by atoms with Gasteiger partial charge in [0.1, 0.15) is 0 Å². The van der Waals surface area contributed by atoms with E-state index in [2.05, 4.69) is 19.2 Å². The second kappa shape index (κ2) is 4.19. The highest BCUT2D eigenvalue weighted by atomic mass is 16.5. The largest absolute Gasteiger partial charge is 0.381 e. The number of ether oxygens (including phenoxy) is 1. The van der Waals surface area contributed by atoms with Crippen LogP contribution in [-0.4, -0.2) is 26.3 Å². The SMILES string of the molecule is CC(C)C1CNCCC12CCOCC2. The molecule has 0 amide bonds. The summed E-state index contributed by atoms with van der Waals surface area (Å²) in [7, 11) is 0. The Morgan fingerprint density at radius 3 is 2.57 bits per heavy atom. The monoisotopic (exact) mass is 197 g/mol. The quantitative estimate of drug-likeness (QED) is 0.694. The van der Waals surface area contributed by atoms with E-state index in [-0.39, 0.29) is 0 Å². The topological polar surface area (TPSA) is 21.3 Å². The molecule has 2 heterocycles. The minimum atomic E-state index is 0.609. The van der Waals surface area contributed by atoms with Crippen LogP contribution in [0.2, 0.25) is 0 Å². The Morgan fingerprint density at radius 1 is 1.21 bits per heavy atom. The van der Waals surface area contributed by atoms with Crippen LogP contribution in [0.25, 0.3) is 0 Å². The molecule has 2 fully saturated rings. The van der Waals surface area contributed by atoms with E-state index < -0.39 is 0 Å². The zero-order chi connectivity index (χ0) is 10.0. The molecule has 1 spiro atoms. The van der Waals surface area contributed by atoms with Gasteiger partial charge in [-0.05, 0) is 49.6 Å². The molecule has 1 N–H and O–H groups in total. The van der Waals surface area contributed by atoms with Gasteiger partial charge in [0.15, 0.2) is 0 Å². The first-order valence-corrected chi connectivity index (χ1v) is 6.03. The normalized spacial score (nSPS) is 32.4. The van der Waals surface area contributed by atoms with Gasteiger partial charge in [-0.15, -0.1) is 0 Å². The molecule has 2 saturated heterocycles. The molecule has 0 aromatic carbocycles. The summed E-state index contributed by atoms with van der Waals surface area (Å²) in [6.45, 7) is 9.15. The van der Waals surface area contributed by atoms with Gasteiger partial charge in [0.05, 0.1) is 0 Å². The molecule has 2 aliphatic rings. The summed E-state index contributed by atoms with van der Waals surface area (Å²) < 4.78 is 5.50. The molecule has 0 aliphatic carbocycles. The Kier molecular flexibility index (Phi) is 3.13. The zero-order valence-corrected chi connectivity index (χ0v) is 9.51. The predicted molar refractivity (Wildman–Crippen MR) is 58.3 cm³/mol. The van der Waals surface area contributed by atoms with Gasteiger partial charge in [-0.1, -0.05) is 13.8 Å². The van der Waals surface area contributed by atoms with Crippen molar-refractivity contribution >= 4 is 0 Å². The number of rotatable bonds is 1. The predicted octanol–water partition coefficient (Wildman–Crippen LogP) is 2.05. The summed E-state index contributed by atoms with van der Waals surface area (Å²) in [4.78, 5) is 0. The molecular weight excluding hydrogens is 174 g/mol. The second-order valence-electron chi connectivity index (χ2n) is 5.28. The van der Waals surface area contributed by atoms with Crippen molar-refractivity contribution in [2.45, 2.75) is 33.1 Å². The van der Waals surface area contributed by atoms with Crippen molar-refractivity contribution < 1.29 is 4.74 Å². The van der Waals surface area contributed by atoms with E-state index in [1.807, 2.05) is 0 Å². The van der Waals surface area contributed by atoms with Crippen LogP contribution < -0.4 is 5.32 Å². The Balaban J connectivity index is 2.10. The minimum absolute atomic E-state index is 0.609. The lowest BCUT2D eigenvalue weighted by atomic mass is 9.62. The van der Waals surface area contributed by atoms with Crippen LogP contribution in [0.5, 0.6) is 0 Å². The Morgan fingerprint density at radius 2 is 1.93 bits per heavy atom. The van der Waals surface area contributed by atoms with Gasteiger partial charge in [0, 0.05) is 13.2 Å². The van der Waals surface area contributed by atoms with Crippen molar-refractivity contribution in [3.8, 4) is 0 Å². The van der Waals surface area contributed by atoms with E-state index in [9.17, 15) is 0 Å². The highest BCUT2D eigenvalue weighted by Crippen LogP contribution is 2.45. The number of hydrogen-bond donors (Lipinski definition) is 1. The molecule has 2 nitrogen and oxygen atoms in total. The van der Waals surface area contributed by atoms with Crippen LogP contribution in [0.3, 0.4) is 0 Å². The van der Waals surface area contributed by atoms with Crippen molar-refractivity contribution in [1.29, 1.82) is 0 Å². The first-order chi connectivity index (χ1) is 6.75. The molecule has 0 radical (unpaired) electrons. The van der Waals surface area contributed by atoms with E-state index in [0.717, 1.165) is 25.0 Å². The third-order valence-electron chi connectivity index (χ3n) is 4.24. The summed E-state index contributed by atoms with van der Waals surface area (Å²) in [5.41, 5.74) is 0.609. The van der Waals surface area contributed by atoms with Crippen molar-refractivity contribution in [3.05, 3.63) is 0 Å². The first kappa shape index (κ1) is 10.4. The van der Waals surface area contributed by atoms with E-state index in [1.54, 1.807) is 0 Å². The molecule has 2 aliphatic heterocycles. The first-order valence-electron chi connectivity index (χ1n) is 6.03. The molecular formula is C12H23NO. The lowest BCUT2D eigenvalue weighted by molar-refractivity contribution is -0.0470. The standard InChI is InChI=1S/C12H23NO/c1-10(2)11-9-13-6-3-12(11)4-7-14-8-5-12/h10-11,13H,3-9H2,1-2H3. The molecule has 0 aromatic rings. The van der Waals surface area contributed by atoms with Crippen LogP contribution in [0.15, 0.2) is 0 Å². The zero-order valence-electron chi connectivity index (χ0n) is 9.51. The number of piperidine rings is 1. The molecule has 1 atom stereocenters. The van der Waals surface area contributed by atoms with E-state index in [0.29, 0.717) is 5.41 Å². The van der Waals surface area contributed by atoms with Crippen LogP contribution in [0.1, 0.15) is 33.1 Å². The molecule has 0 saturated carbocycles. The highest BCUT2D eigenvalue weighted by Gasteiger charge is 2.42. The number of nitrogens with one attached hydrogen (secondary N) is 1. The minimum Gasteiger partial charge on any atom is -0.381 e. The van der Waals surface area contributed by atoms with Gasteiger partial charge < -0.3 is 10.1 Å². The average molecular weight is 197 g/mol. The Hall–Kier alpha value is -0.0800. The molecule has 1 unspecified atom stereocenters. The highest BCUT2D eigenvalue weighted by molar-refractivity contribution is 4.94. The van der Waals surface area contributed by atoms with Gasteiger partial charge >= 0.3 is 0 Å². The lowest BCUT2D eigenvalue weighted by Gasteiger charge is -2.48. The van der Waals surface area contributed by atoms with E-state index >= 15 is 0 Å². The van der Waals surface area contributed by atoms with Crippen LogP contribution in [0, 0.1) is 17.3 Å². The average Bonchev–Trinajstić information content (AvgIpc) is 2.19. The van der Waals surface area contributed by atoms with Gasteiger partial charge in [-0.25, -0.2) is 0 Å². The molecule has 0 aromatic heterocycles. The Bertz CT molecular complexity index is 176. The van der Waals surface area contributed by atoms with Gasteiger partial charge in [0.2, 0.25) is 0 Å². The molecule has 0 bridgehead atoms. The van der Waals surface area contributed by atoms with Gasteiger partial charge in [-0.2, -0.15) is 0 Å². The summed E-state index contributed by atoms with van der Waals surface area (Å²) >= 11 is 0. The van der Waals surface area contributed by atoms with Crippen molar-refractivity contribution in [2.24, 2.45) is 17.3 Å². The van der Waals surface area contributed by atoms with Gasteiger partial charge in [0.25, 0.3) is 0 Å². The maximum Gasteiger partial charge on any atom is 0.0471 e. The van der Waals surface area contributed by atoms with Crippen molar-refractivity contribution in [1.82, 2.24) is 5.32 Å². The fourth-order valence-electron chi connectivity index (χ4n) is 3.34. The van der Waals surface area contributed by atoms with Gasteiger partial charge in [-0.3, -0.25) is 0 Å². The second-order valence-corrected chi connectivity index (χ2v) is 5.28. The summed E-state index contributed by atoms with van der Waals surface area (Å²) in [5, 5.41) is 3.55. The van der Waals surface area contributed by atoms with Crippen LogP contribution in [-0.2, 0) is 4.74 Å². The molecule has 82 valence electrons.